The second-order valence-corrected chi connectivity index (χ2v) is 7.37. The van der Waals surface area contributed by atoms with Crippen molar-refractivity contribution in [3.63, 3.8) is 0 Å². The van der Waals surface area contributed by atoms with Crippen molar-refractivity contribution < 1.29 is 18.3 Å². The number of rotatable bonds is 6. The van der Waals surface area contributed by atoms with E-state index in [1.165, 1.54) is 29.6 Å². The van der Waals surface area contributed by atoms with Crippen LogP contribution in [0.1, 0.15) is 25.7 Å². The fraction of sp³-hybridized carbons (Fsp3) is 0.571. The van der Waals surface area contributed by atoms with E-state index >= 15 is 0 Å². The average Bonchev–Trinajstić information content (AvgIpc) is 2.97. The molecule has 1 aliphatic carbocycles. The monoisotopic (exact) mass is 333 g/mol. The number of hydrogen-bond donors (Lipinski definition) is 1. The molecule has 1 aliphatic rings. The topological polar surface area (TPSA) is 66.8 Å². The fourth-order valence-corrected chi connectivity index (χ4v) is 4.75. The van der Waals surface area contributed by atoms with Gasteiger partial charge in [-0.25, -0.2) is 8.42 Å². The third-order valence-electron chi connectivity index (χ3n) is 3.76. The standard InChI is InChI=1S/C14H20ClNO4S/c1-20-13-10-11(15)6-7-14(13)21(18,19)16(8-9-17)12-4-2-3-5-12/h6-7,10,12,17H,2-5,8-9H2,1H3. The Morgan fingerprint density at radius 1 is 1.38 bits per heavy atom. The van der Waals surface area contributed by atoms with Gasteiger partial charge in [0.15, 0.2) is 0 Å². The number of aliphatic hydroxyl groups excluding tert-OH is 1. The predicted molar refractivity (Wildman–Crippen MR) is 81.2 cm³/mol. The molecule has 1 saturated carbocycles. The van der Waals surface area contributed by atoms with Crippen molar-refractivity contribution in [2.75, 3.05) is 20.3 Å². The summed E-state index contributed by atoms with van der Waals surface area (Å²) in [7, 11) is -2.30. The quantitative estimate of drug-likeness (QED) is 0.867. The Labute approximate surface area is 130 Å². The molecule has 1 aromatic carbocycles. The Morgan fingerprint density at radius 2 is 2.05 bits per heavy atom. The molecule has 1 N–H and O–H groups in total. The maximum absolute atomic E-state index is 12.9. The summed E-state index contributed by atoms with van der Waals surface area (Å²) in [5.74, 6) is 0.225. The average molecular weight is 334 g/mol. The van der Waals surface area contributed by atoms with E-state index < -0.39 is 10.0 Å². The zero-order chi connectivity index (χ0) is 15.5. The number of ether oxygens (including phenoxy) is 1. The third kappa shape index (κ3) is 3.51. The van der Waals surface area contributed by atoms with Crippen LogP contribution in [0.5, 0.6) is 5.75 Å². The Balaban J connectivity index is 2.42. The van der Waals surface area contributed by atoms with Crippen molar-refractivity contribution in [2.24, 2.45) is 0 Å². The molecule has 0 radical (unpaired) electrons. The Hall–Kier alpha value is -0.820. The van der Waals surface area contributed by atoms with Crippen LogP contribution in [-0.4, -0.2) is 44.1 Å². The van der Waals surface area contributed by atoms with Gasteiger partial charge in [0.2, 0.25) is 10.0 Å². The van der Waals surface area contributed by atoms with Crippen molar-refractivity contribution in [3.05, 3.63) is 23.2 Å². The van der Waals surface area contributed by atoms with Crippen molar-refractivity contribution >= 4 is 21.6 Å². The Bertz CT molecular complexity index is 585. The molecule has 0 aromatic heterocycles. The van der Waals surface area contributed by atoms with Gasteiger partial charge in [-0.1, -0.05) is 24.4 Å². The molecule has 1 fully saturated rings. The summed E-state index contributed by atoms with van der Waals surface area (Å²) in [6.07, 6.45) is 3.68. The highest BCUT2D eigenvalue weighted by molar-refractivity contribution is 7.89. The van der Waals surface area contributed by atoms with Crippen molar-refractivity contribution in [1.29, 1.82) is 0 Å². The molecule has 0 heterocycles. The van der Waals surface area contributed by atoms with Crippen molar-refractivity contribution in [3.8, 4) is 5.75 Å². The van der Waals surface area contributed by atoms with Crippen LogP contribution < -0.4 is 4.74 Å². The van der Waals surface area contributed by atoms with E-state index in [-0.39, 0.29) is 29.8 Å². The highest BCUT2D eigenvalue weighted by Gasteiger charge is 2.34. The van der Waals surface area contributed by atoms with Gasteiger partial charge in [-0.3, -0.25) is 0 Å². The lowest BCUT2D eigenvalue weighted by molar-refractivity contribution is 0.226. The first-order valence-electron chi connectivity index (χ1n) is 6.97. The molecule has 0 atom stereocenters. The van der Waals surface area contributed by atoms with E-state index in [1.54, 1.807) is 0 Å². The number of nitrogens with zero attached hydrogens (tertiary/aromatic N) is 1. The lowest BCUT2D eigenvalue weighted by Gasteiger charge is -2.28. The largest absolute Gasteiger partial charge is 0.495 e. The first kappa shape index (κ1) is 16.5. The van der Waals surface area contributed by atoms with Gasteiger partial charge in [0.05, 0.1) is 13.7 Å². The van der Waals surface area contributed by atoms with Crippen LogP contribution in [0, 0.1) is 0 Å². The zero-order valence-electron chi connectivity index (χ0n) is 12.0. The molecule has 5 nitrogen and oxygen atoms in total. The normalized spacial score (nSPS) is 16.6. The summed E-state index contributed by atoms with van der Waals surface area (Å²) < 4.78 is 32.3. The van der Waals surface area contributed by atoms with Crippen LogP contribution in [0.15, 0.2) is 23.1 Å². The molecule has 0 bridgehead atoms. The second-order valence-electron chi connectivity index (χ2n) is 5.07. The molecular weight excluding hydrogens is 314 g/mol. The number of aliphatic hydroxyl groups is 1. The van der Waals surface area contributed by atoms with Crippen LogP contribution in [0.3, 0.4) is 0 Å². The van der Waals surface area contributed by atoms with E-state index in [2.05, 4.69) is 0 Å². The minimum atomic E-state index is -3.72. The SMILES string of the molecule is COc1cc(Cl)ccc1S(=O)(=O)N(CCO)C1CCCC1. The Morgan fingerprint density at radius 3 is 2.62 bits per heavy atom. The maximum Gasteiger partial charge on any atom is 0.247 e. The summed E-state index contributed by atoms with van der Waals surface area (Å²) >= 11 is 5.89. The van der Waals surface area contributed by atoms with Crippen LogP contribution in [0.25, 0.3) is 0 Å². The molecule has 0 spiro atoms. The lowest BCUT2D eigenvalue weighted by Crippen LogP contribution is -2.40. The summed E-state index contributed by atoms with van der Waals surface area (Å²) in [5.41, 5.74) is 0. The van der Waals surface area contributed by atoms with Crippen LogP contribution in [0.4, 0.5) is 0 Å². The third-order valence-corrected chi connectivity index (χ3v) is 5.99. The molecule has 0 amide bonds. The predicted octanol–water partition coefficient (Wildman–Crippen LogP) is 2.27. The van der Waals surface area contributed by atoms with E-state index in [4.69, 9.17) is 16.3 Å². The van der Waals surface area contributed by atoms with E-state index in [0.717, 1.165) is 25.7 Å². The van der Waals surface area contributed by atoms with Gasteiger partial charge in [0.1, 0.15) is 10.6 Å². The molecule has 7 heteroatoms. The first-order chi connectivity index (χ1) is 10.0. The number of hydrogen-bond acceptors (Lipinski definition) is 4. The highest BCUT2D eigenvalue weighted by atomic mass is 35.5. The van der Waals surface area contributed by atoms with Gasteiger partial charge in [-0.15, -0.1) is 0 Å². The van der Waals surface area contributed by atoms with Gasteiger partial charge in [-0.2, -0.15) is 4.31 Å². The highest BCUT2D eigenvalue weighted by Crippen LogP contribution is 2.33. The van der Waals surface area contributed by atoms with Gasteiger partial charge in [0, 0.05) is 23.7 Å². The minimum absolute atomic E-state index is 0.0532. The minimum Gasteiger partial charge on any atom is -0.495 e. The van der Waals surface area contributed by atoms with Crippen LogP contribution >= 0.6 is 11.6 Å². The molecular formula is C14H20ClNO4S. The van der Waals surface area contributed by atoms with Crippen LogP contribution in [0.2, 0.25) is 5.02 Å². The van der Waals surface area contributed by atoms with Gasteiger partial charge < -0.3 is 9.84 Å². The van der Waals surface area contributed by atoms with Crippen molar-refractivity contribution in [2.45, 2.75) is 36.6 Å². The molecule has 21 heavy (non-hydrogen) atoms. The van der Waals surface area contributed by atoms with E-state index in [9.17, 15) is 13.5 Å². The molecule has 1 aromatic rings. The second kappa shape index (κ2) is 6.96. The first-order valence-corrected chi connectivity index (χ1v) is 8.78. The Kier molecular flexibility index (Phi) is 5.48. The smallest absolute Gasteiger partial charge is 0.247 e. The summed E-state index contributed by atoms with van der Waals surface area (Å²) in [6.45, 7) is -0.107. The van der Waals surface area contributed by atoms with Gasteiger partial charge in [-0.05, 0) is 25.0 Å². The van der Waals surface area contributed by atoms with E-state index in [0.29, 0.717) is 5.02 Å². The lowest BCUT2D eigenvalue weighted by atomic mass is 10.2. The molecule has 0 saturated heterocycles. The summed E-state index contributed by atoms with van der Waals surface area (Å²) in [6, 6.07) is 4.42. The van der Waals surface area contributed by atoms with E-state index in [1.807, 2.05) is 0 Å². The molecule has 0 aliphatic heterocycles. The molecule has 2 rings (SSSR count). The molecule has 0 unspecified atom stereocenters. The van der Waals surface area contributed by atoms with Gasteiger partial charge in [0.25, 0.3) is 0 Å². The number of halogens is 1. The fourth-order valence-electron chi connectivity index (χ4n) is 2.77. The summed E-state index contributed by atoms with van der Waals surface area (Å²) in [5, 5.41) is 9.64. The zero-order valence-corrected chi connectivity index (χ0v) is 13.5. The van der Waals surface area contributed by atoms with Crippen LogP contribution in [-0.2, 0) is 10.0 Å². The molecule has 118 valence electrons. The number of benzene rings is 1. The van der Waals surface area contributed by atoms with Gasteiger partial charge >= 0.3 is 0 Å². The maximum atomic E-state index is 12.9. The number of sulfonamides is 1. The number of methoxy groups -OCH3 is 1. The summed E-state index contributed by atoms with van der Waals surface area (Å²) in [4.78, 5) is 0.0924. The van der Waals surface area contributed by atoms with Crippen molar-refractivity contribution in [1.82, 2.24) is 4.31 Å².